The van der Waals surface area contributed by atoms with Gasteiger partial charge in [0.25, 0.3) is 11.1 Å². The molecule has 1 aromatic carbocycles. The lowest BCUT2D eigenvalue weighted by molar-refractivity contribution is -0.123. The molecular weight excluding hydrogens is 496 g/mol. The van der Waals surface area contributed by atoms with Gasteiger partial charge >= 0.3 is 5.97 Å². The first-order valence-electron chi connectivity index (χ1n) is 12.8. The largest absolute Gasteiger partial charge is 0.457 e. The average molecular weight is 533 g/mol. The van der Waals surface area contributed by atoms with Crippen LogP contribution in [-0.2, 0) is 16.1 Å². The number of anilines is 1. The number of nitrogens with zero attached hydrogens (tertiary/aromatic N) is 4. The van der Waals surface area contributed by atoms with Crippen molar-refractivity contribution in [1.82, 2.24) is 14.7 Å². The van der Waals surface area contributed by atoms with Crippen molar-refractivity contribution in [3.63, 3.8) is 0 Å². The zero-order valence-electron chi connectivity index (χ0n) is 21.5. The predicted octanol–water partition coefficient (Wildman–Crippen LogP) is 4.12. The van der Waals surface area contributed by atoms with Gasteiger partial charge in [0.15, 0.2) is 5.11 Å². The molecule has 0 aromatic heterocycles. The third-order valence-corrected chi connectivity index (χ3v) is 8.42. The summed E-state index contributed by atoms with van der Waals surface area (Å²) in [6.45, 7) is 9.51. The Kier molecular flexibility index (Phi) is 8.57. The van der Waals surface area contributed by atoms with Crippen LogP contribution in [0.3, 0.4) is 0 Å². The Labute approximate surface area is 223 Å². The lowest BCUT2D eigenvalue weighted by Crippen LogP contribution is -2.47. The third kappa shape index (κ3) is 5.55. The van der Waals surface area contributed by atoms with E-state index in [9.17, 15) is 14.4 Å². The van der Waals surface area contributed by atoms with Gasteiger partial charge < -0.3 is 14.5 Å². The summed E-state index contributed by atoms with van der Waals surface area (Å²) >= 11 is 7.04. The molecule has 0 spiro atoms. The number of fused-ring (bicyclic) bond motifs is 1. The highest BCUT2D eigenvalue weighted by Crippen LogP contribution is 2.34. The smallest absolute Gasteiger partial charge is 0.338 e. The molecule has 0 radical (unpaired) electrons. The second-order valence-corrected chi connectivity index (χ2v) is 11.2. The molecule has 0 N–H and O–H groups in total. The molecule has 3 heterocycles. The number of cyclic esters (lactones) is 1. The van der Waals surface area contributed by atoms with Crippen molar-refractivity contribution >= 4 is 51.9 Å². The number of thiocarbonyl (C=S) groups is 1. The van der Waals surface area contributed by atoms with E-state index < -0.39 is 5.54 Å². The first-order chi connectivity index (χ1) is 17.2. The summed E-state index contributed by atoms with van der Waals surface area (Å²) in [5, 5.41) is 0.702. The lowest BCUT2D eigenvalue weighted by Gasteiger charge is -2.34. The molecule has 0 saturated carbocycles. The van der Waals surface area contributed by atoms with Crippen molar-refractivity contribution in [3.05, 3.63) is 29.3 Å². The van der Waals surface area contributed by atoms with Crippen molar-refractivity contribution in [2.45, 2.75) is 58.1 Å². The van der Waals surface area contributed by atoms with Crippen LogP contribution >= 0.6 is 24.0 Å². The number of ether oxygens (including phenoxy) is 1. The lowest BCUT2D eigenvalue weighted by atomic mass is 10.0. The van der Waals surface area contributed by atoms with Crippen molar-refractivity contribution in [2.24, 2.45) is 0 Å². The minimum Gasteiger partial charge on any atom is -0.457 e. The Morgan fingerprint density at radius 1 is 1.03 bits per heavy atom. The fraction of sp³-hybridized carbons (Fsp3) is 0.615. The number of esters is 1. The first kappa shape index (κ1) is 26.9. The summed E-state index contributed by atoms with van der Waals surface area (Å²) in [7, 11) is 0. The maximum atomic E-state index is 13.3. The molecule has 2 amide bonds. The number of thioether (sulfide) groups is 1. The zero-order chi connectivity index (χ0) is 25.9. The molecule has 3 aliphatic heterocycles. The van der Waals surface area contributed by atoms with Crippen LogP contribution in [0.5, 0.6) is 0 Å². The van der Waals surface area contributed by atoms with Gasteiger partial charge in [-0.2, -0.15) is 0 Å². The van der Waals surface area contributed by atoms with Crippen molar-refractivity contribution in [2.75, 3.05) is 50.4 Å². The van der Waals surface area contributed by atoms with Crippen LogP contribution in [0.2, 0.25) is 0 Å². The third-order valence-electron chi connectivity index (χ3n) is 7.41. The molecule has 10 heteroatoms. The van der Waals surface area contributed by atoms with Gasteiger partial charge in [0.05, 0.1) is 11.3 Å². The molecule has 196 valence electrons. The van der Waals surface area contributed by atoms with Gasteiger partial charge in [0, 0.05) is 38.3 Å². The molecule has 0 aliphatic carbocycles. The number of hydrogen-bond donors (Lipinski definition) is 0. The van der Waals surface area contributed by atoms with Crippen molar-refractivity contribution < 1.29 is 19.1 Å². The van der Waals surface area contributed by atoms with E-state index in [4.69, 9.17) is 17.0 Å². The number of rotatable bonds is 9. The number of carbonyl (C=O) groups excluding carboxylic acids is 3. The summed E-state index contributed by atoms with van der Waals surface area (Å²) in [5.41, 5.74) is 1.33. The van der Waals surface area contributed by atoms with Gasteiger partial charge in [0.2, 0.25) is 0 Å². The molecule has 4 rings (SSSR count). The highest BCUT2D eigenvalue weighted by molar-refractivity contribution is 8.12. The summed E-state index contributed by atoms with van der Waals surface area (Å²) in [6.07, 6.45) is 7.42. The number of piperazine rings is 1. The quantitative estimate of drug-likeness (QED) is 0.267. The molecule has 2 fully saturated rings. The van der Waals surface area contributed by atoms with Gasteiger partial charge in [-0.3, -0.25) is 19.4 Å². The molecule has 8 nitrogen and oxygen atoms in total. The van der Waals surface area contributed by atoms with E-state index in [0.717, 1.165) is 64.1 Å². The van der Waals surface area contributed by atoms with Gasteiger partial charge in [-0.15, -0.1) is 0 Å². The maximum Gasteiger partial charge on any atom is 0.338 e. The molecule has 0 bridgehead atoms. The van der Waals surface area contributed by atoms with Crippen LogP contribution in [-0.4, -0.2) is 88.0 Å². The van der Waals surface area contributed by atoms with E-state index in [1.165, 1.54) is 24.6 Å². The van der Waals surface area contributed by atoms with E-state index in [2.05, 4.69) is 4.90 Å². The van der Waals surface area contributed by atoms with Gasteiger partial charge in [-0.25, -0.2) is 4.79 Å². The van der Waals surface area contributed by atoms with Crippen LogP contribution in [0.15, 0.2) is 18.2 Å². The normalized spacial score (nSPS) is 19.8. The summed E-state index contributed by atoms with van der Waals surface area (Å²) < 4.78 is 5.10. The van der Waals surface area contributed by atoms with Crippen LogP contribution in [0, 0.1) is 0 Å². The maximum absolute atomic E-state index is 13.3. The molecule has 36 heavy (non-hydrogen) atoms. The Balaban J connectivity index is 1.19. The fourth-order valence-corrected chi connectivity index (χ4v) is 6.06. The molecule has 2 saturated heterocycles. The first-order valence-corrected chi connectivity index (χ1v) is 14.4. The number of benzene rings is 1. The molecule has 0 atom stereocenters. The molecule has 3 aliphatic rings. The van der Waals surface area contributed by atoms with E-state index >= 15 is 0 Å². The molecular formula is C26H36N4O4S2. The summed E-state index contributed by atoms with van der Waals surface area (Å²) in [4.78, 5) is 44.9. The highest BCUT2D eigenvalue weighted by Gasteiger charge is 2.49. The van der Waals surface area contributed by atoms with E-state index in [1.807, 2.05) is 36.0 Å². The Morgan fingerprint density at radius 3 is 2.39 bits per heavy atom. The Hall–Kier alpha value is -2.17. The van der Waals surface area contributed by atoms with Crippen LogP contribution in [0.1, 0.15) is 61.9 Å². The Morgan fingerprint density at radius 2 is 1.69 bits per heavy atom. The minimum atomic E-state index is -0.706. The SMILES string of the molecule is CSC(=O)N1CCN(CCCCCCCN2C(=S)N(c3ccc4c(c3)COC4=O)C(=O)C2(C)C)CC1. The Bertz CT molecular complexity index is 1020. The van der Waals surface area contributed by atoms with Gasteiger partial charge in [-0.1, -0.05) is 31.0 Å². The summed E-state index contributed by atoms with van der Waals surface area (Å²) in [5.74, 6) is -0.365. The van der Waals surface area contributed by atoms with Crippen molar-refractivity contribution in [1.29, 1.82) is 0 Å². The predicted molar refractivity (Wildman–Crippen MR) is 146 cm³/mol. The van der Waals surface area contributed by atoms with Crippen LogP contribution in [0.4, 0.5) is 10.5 Å². The number of carbonyl (C=O) groups is 3. The average Bonchev–Trinajstić information content (AvgIpc) is 3.32. The van der Waals surface area contributed by atoms with Gasteiger partial charge in [0.1, 0.15) is 12.1 Å². The molecule has 1 aromatic rings. The van der Waals surface area contributed by atoms with Crippen LogP contribution in [0.25, 0.3) is 0 Å². The number of unbranched alkanes of at least 4 members (excludes halogenated alkanes) is 4. The van der Waals surface area contributed by atoms with E-state index in [0.29, 0.717) is 16.4 Å². The van der Waals surface area contributed by atoms with E-state index in [1.54, 1.807) is 17.0 Å². The van der Waals surface area contributed by atoms with Gasteiger partial charge in [-0.05, 0) is 69.9 Å². The number of hydrogen-bond acceptors (Lipinski definition) is 7. The molecule has 0 unspecified atom stereocenters. The second-order valence-electron chi connectivity index (χ2n) is 10.1. The highest BCUT2D eigenvalue weighted by atomic mass is 32.2. The fourth-order valence-electron chi connectivity index (χ4n) is 5.12. The number of amides is 2. The topological polar surface area (TPSA) is 73.4 Å². The van der Waals surface area contributed by atoms with Crippen molar-refractivity contribution in [3.8, 4) is 0 Å². The van der Waals surface area contributed by atoms with Crippen LogP contribution < -0.4 is 4.90 Å². The monoisotopic (exact) mass is 532 g/mol. The second kappa shape index (κ2) is 11.5. The summed E-state index contributed by atoms with van der Waals surface area (Å²) in [6, 6.07) is 5.33. The zero-order valence-corrected chi connectivity index (χ0v) is 23.1. The van der Waals surface area contributed by atoms with E-state index in [-0.39, 0.29) is 23.7 Å². The standard InChI is InChI=1S/C26H36N4O4S2/c1-26(2)23(32)30(20-9-10-21-19(17-20)18-34-22(21)31)24(35)29(26)12-8-6-4-5-7-11-27-13-15-28(16-14-27)25(33)36-3/h9-10,17H,4-8,11-16,18H2,1-3H3. The minimum absolute atomic E-state index is 0.0444.